The minimum absolute atomic E-state index is 0.471. The van der Waals surface area contributed by atoms with Gasteiger partial charge in [-0.2, -0.15) is 0 Å². The van der Waals surface area contributed by atoms with Crippen molar-refractivity contribution >= 4 is 44.3 Å². The molecule has 5 heteroatoms. The predicted molar refractivity (Wildman–Crippen MR) is 81.3 cm³/mol. The fourth-order valence-corrected chi connectivity index (χ4v) is 2.79. The number of anilines is 1. The van der Waals surface area contributed by atoms with Crippen molar-refractivity contribution in [1.29, 1.82) is 0 Å². The van der Waals surface area contributed by atoms with Gasteiger partial charge in [0.2, 0.25) is 5.89 Å². The van der Waals surface area contributed by atoms with Crippen LogP contribution in [0.4, 0.5) is 5.69 Å². The molecule has 96 valence electrons. The summed E-state index contributed by atoms with van der Waals surface area (Å²) in [4.78, 5) is 4.47. The summed E-state index contributed by atoms with van der Waals surface area (Å²) in [5.74, 6) is 0.471. The van der Waals surface area contributed by atoms with E-state index in [4.69, 9.17) is 21.8 Å². The SMILES string of the molecule is Cc1cc(Br)c2oc(-c3cc(N)ccc3Cl)nc2c1. The van der Waals surface area contributed by atoms with Crippen molar-refractivity contribution in [2.24, 2.45) is 0 Å². The molecule has 0 bridgehead atoms. The molecule has 0 saturated carbocycles. The molecule has 3 rings (SSSR count). The zero-order chi connectivity index (χ0) is 13.6. The molecule has 2 N–H and O–H groups in total. The van der Waals surface area contributed by atoms with E-state index < -0.39 is 0 Å². The van der Waals surface area contributed by atoms with Crippen LogP contribution in [0.2, 0.25) is 5.02 Å². The number of rotatable bonds is 1. The summed E-state index contributed by atoms with van der Waals surface area (Å²) in [5, 5.41) is 0.564. The number of nitrogen functional groups attached to an aromatic ring is 1. The largest absolute Gasteiger partial charge is 0.435 e. The van der Waals surface area contributed by atoms with Crippen molar-refractivity contribution in [1.82, 2.24) is 4.98 Å². The van der Waals surface area contributed by atoms with Crippen molar-refractivity contribution in [2.75, 3.05) is 5.73 Å². The van der Waals surface area contributed by atoms with Crippen LogP contribution in [0.25, 0.3) is 22.6 Å². The van der Waals surface area contributed by atoms with Crippen LogP contribution in [-0.2, 0) is 0 Å². The van der Waals surface area contributed by atoms with Gasteiger partial charge in [0.25, 0.3) is 0 Å². The van der Waals surface area contributed by atoms with Gasteiger partial charge in [-0.05, 0) is 58.7 Å². The van der Waals surface area contributed by atoms with Gasteiger partial charge in [0, 0.05) is 5.69 Å². The van der Waals surface area contributed by atoms with Crippen molar-refractivity contribution in [2.45, 2.75) is 6.92 Å². The van der Waals surface area contributed by atoms with E-state index in [1.165, 1.54) is 0 Å². The molecule has 0 unspecified atom stereocenters. The lowest BCUT2D eigenvalue weighted by Crippen LogP contribution is -1.86. The number of fused-ring (bicyclic) bond motifs is 1. The average molecular weight is 338 g/mol. The predicted octanol–water partition coefficient (Wildman–Crippen LogP) is 4.80. The summed E-state index contributed by atoms with van der Waals surface area (Å²) in [6.45, 7) is 2.01. The molecule has 0 saturated heterocycles. The third kappa shape index (κ3) is 2.22. The molecule has 19 heavy (non-hydrogen) atoms. The molecule has 0 spiro atoms. The summed E-state index contributed by atoms with van der Waals surface area (Å²) in [6.07, 6.45) is 0. The highest BCUT2D eigenvalue weighted by Gasteiger charge is 2.14. The molecule has 3 aromatic rings. The molecule has 1 heterocycles. The number of halogens is 2. The molecule has 2 aromatic carbocycles. The van der Waals surface area contributed by atoms with E-state index in [1.54, 1.807) is 18.2 Å². The minimum atomic E-state index is 0.471. The van der Waals surface area contributed by atoms with Crippen LogP contribution in [0.3, 0.4) is 0 Å². The van der Waals surface area contributed by atoms with Gasteiger partial charge in [-0.25, -0.2) is 4.98 Å². The van der Waals surface area contributed by atoms with Gasteiger partial charge in [-0.1, -0.05) is 11.6 Å². The van der Waals surface area contributed by atoms with Gasteiger partial charge < -0.3 is 10.2 Å². The lowest BCUT2D eigenvalue weighted by molar-refractivity contribution is 0.618. The van der Waals surface area contributed by atoms with Gasteiger partial charge in [-0.3, -0.25) is 0 Å². The Morgan fingerprint density at radius 2 is 2.05 bits per heavy atom. The summed E-state index contributed by atoms with van der Waals surface area (Å²) in [5.41, 5.74) is 9.70. The maximum atomic E-state index is 6.16. The molecule has 1 aromatic heterocycles. The van der Waals surface area contributed by atoms with E-state index in [2.05, 4.69) is 20.9 Å². The topological polar surface area (TPSA) is 52.0 Å². The second-order valence-electron chi connectivity index (χ2n) is 4.35. The Morgan fingerprint density at radius 1 is 1.26 bits per heavy atom. The van der Waals surface area contributed by atoms with E-state index in [1.807, 2.05) is 19.1 Å². The van der Waals surface area contributed by atoms with Gasteiger partial charge in [0.15, 0.2) is 5.58 Å². The number of benzene rings is 2. The maximum absolute atomic E-state index is 6.16. The Morgan fingerprint density at radius 3 is 2.84 bits per heavy atom. The number of nitrogens with two attached hydrogens (primary N) is 1. The van der Waals surface area contributed by atoms with E-state index in [0.29, 0.717) is 27.7 Å². The molecule has 3 nitrogen and oxygen atoms in total. The average Bonchev–Trinajstić information content (AvgIpc) is 2.76. The van der Waals surface area contributed by atoms with E-state index in [-0.39, 0.29) is 0 Å². The molecule has 0 fully saturated rings. The molecular formula is C14H10BrClN2O. The van der Waals surface area contributed by atoms with Gasteiger partial charge in [0.1, 0.15) is 5.52 Å². The minimum Gasteiger partial charge on any atom is -0.435 e. The van der Waals surface area contributed by atoms with Crippen LogP contribution in [-0.4, -0.2) is 4.98 Å². The Labute approximate surface area is 123 Å². The molecule has 0 radical (unpaired) electrons. The van der Waals surface area contributed by atoms with E-state index >= 15 is 0 Å². The monoisotopic (exact) mass is 336 g/mol. The summed E-state index contributed by atoms with van der Waals surface area (Å²) < 4.78 is 6.65. The fourth-order valence-electron chi connectivity index (χ4n) is 1.95. The second-order valence-corrected chi connectivity index (χ2v) is 5.61. The van der Waals surface area contributed by atoms with Crippen molar-refractivity contribution in [3.8, 4) is 11.5 Å². The number of nitrogens with zero attached hydrogens (tertiary/aromatic N) is 1. The number of hydrogen-bond acceptors (Lipinski definition) is 3. The summed E-state index contributed by atoms with van der Waals surface area (Å²) >= 11 is 9.64. The van der Waals surface area contributed by atoms with Crippen molar-refractivity contribution in [3.05, 3.63) is 45.4 Å². The standard InChI is InChI=1S/C14H10BrClN2O/c1-7-4-10(15)13-12(5-7)18-14(19-13)9-6-8(17)2-3-11(9)16/h2-6H,17H2,1H3. The highest BCUT2D eigenvalue weighted by atomic mass is 79.9. The number of oxazole rings is 1. The number of aryl methyl sites for hydroxylation is 1. The van der Waals surface area contributed by atoms with E-state index in [9.17, 15) is 0 Å². The van der Waals surface area contributed by atoms with Crippen LogP contribution >= 0.6 is 27.5 Å². The summed E-state index contributed by atoms with van der Waals surface area (Å²) in [7, 11) is 0. The molecule has 0 atom stereocenters. The van der Waals surface area contributed by atoms with Crippen molar-refractivity contribution in [3.63, 3.8) is 0 Å². The lowest BCUT2D eigenvalue weighted by Gasteiger charge is -2.00. The smallest absolute Gasteiger partial charge is 0.228 e. The van der Waals surface area contributed by atoms with Gasteiger partial charge in [0.05, 0.1) is 15.1 Å². The van der Waals surface area contributed by atoms with Gasteiger partial charge in [-0.15, -0.1) is 0 Å². The molecular weight excluding hydrogens is 328 g/mol. The van der Waals surface area contributed by atoms with E-state index in [0.717, 1.165) is 15.6 Å². The number of aromatic nitrogens is 1. The van der Waals surface area contributed by atoms with Crippen LogP contribution in [0.15, 0.2) is 39.2 Å². The Kier molecular flexibility index (Phi) is 2.99. The quantitative estimate of drug-likeness (QED) is 0.649. The molecule has 0 amide bonds. The van der Waals surface area contributed by atoms with Gasteiger partial charge >= 0.3 is 0 Å². The first-order chi connectivity index (χ1) is 9.04. The maximum Gasteiger partial charge on any atom is 0.228 e. The first-order valence-corrected chi connectivity index (χ1v) is 6.84. The van der Waals surface area contributed by atoms with Crippen LogP contribution in [0.1, 0.15) is 5.56 Å². The Bertz CT molecular complexity index is 782. The molecule has 0 aliphatic heterocycles. The lowest BCUT2D eigenvalue weighted by atomic mass is 10.2. The third-order valence-electron chi connectivity index (χ3n) is 2.81. The molecule has 0 aliphatic carbocycles. The second kappa shape index (κ2) is 4.54. The zero-order valence-corrected chi connectivity index (χ0v) is 12.4. The highest BCUT2D eigenvalue weighted by molar-refractivity contribution is 9.10. The fraction of sp³-hybridized carbons (Fsp3) is 0.0714. The first-order valence-electron chi connectivity index (χ1n) is 5.66. The van der Waals surface area contributed by atoms with Crippen LogP contribution < -0.4 is 5.73 Å². The van der Waals surface area contributed by atoms with Crippen LogP contribution in [0, 0.1) is 6.92 Å². The molecule has 0 aliphatic rings. The number of hydrogen-bond donors (Lipinski definition) is 1. The van der Waals surface area contributed by atoms with Crippen LogP contribution in [0.5, 0.6) is 0 Å². The Balaban J connectivity index is 2.26. The summed E-state index contributed by atoms with van der Waals surface area (Å²) in [6, 6.07) is 9.19. The third-order valence-corrected chi connectivity index (χ3v) is 3.73. The zero-order valence-electron chi connectivity index (χ0n) is 10.1. The van der Waals surface area contributed by atoms with Crippen molar-refractivity contribution < 1.29 is 4.42 Å². The first kappa shape index (κ1) is 12.5. The normalized spacial score (nSPS) is 11.1. The Hall–Kier alpha value is -1.52. The highest BCUT2D eigenvalue weighted by Crippen LogP contribution is 2.34.